The largest absolute Gasteiger partial charge is 0.460 e. The van der Waals surface area contributed by atoms with E-state index in [0.29, 0.717) is 6.41 Å². The minimum atomic E-state index is -0.948. The molecule has 17 heteroatoms. The van der Waals surface area contributed by atoms with Crippen molar-refractivity contribution in [1.29, 1.82) is 0 Å². The first-order chi connectivity index (χ1) is 27.6. The summed E-state index contributed by atoms with van der Waals surface area (Å²) in [5, 5.41) is 11.2. The fourth-order valence-corrected chi connectivity index (χ4v) is 6.84. The molecule has 0 fully saturated rings. The van der Waals surface area contributed by atoms with E-state index in [1.54, 1.807) is 25.7 Å². The van der Waals surface area contributed by atoms with Crippen LogP contribution in [-0.2, 0) is 50.9 Å². The zero-order valence-corrected chi connectivity index (χ0v) is 34.9. The Kier molecular flexibility index (Phi) is 19.2. The average molecular weight is 822 g/mol. The zero-order valence-electron chi connectivity index (χ0n) is 34.0. The van der Waals surface area contributed by atoms with Crippen molar-refractivity contribution in [2.45, 2.75) is 83.7 Å². The van der Waals surface area contributed by atoms with Crippen LogP contribution >= 0.6 is 8.15 Å². The first-order valence-electron chi connectivity index (χ1n) is 18.7. The maximum atomic E-state index is 13.6. The number of para-hydroxylation sites is 1. The molecule has 0 saturated heterocycles. The maximum absolute atomic E-state index is 13.6. The van der Waals surface area contributed by atoms with Crippen molar-refractivity contribution in [2.75, 3.05) is 32.0 Å². The first kappa shape index (κ1) is 47.0. The normalized spacial score (nSPS) is 15.1. The van der Waals surface area contributed by atoms with Crippen LogP contribution in [0.4, 0.5) is 10.5 Å². The van der Waals surface area contributed by atoms with Gasteiger partial charge in [-0.15, -0.1) is 5.10 Å². The van der Waals surface area contributed by atoms with Crippen molar-refractivity contribution in [1.82, 2.24) is 15.8 Å². The van der Waals surface area contributed by atoms with Crippen molar-refractivity contribution in [3.05, 3.63) is 96.1 Å². The van der Waals surface area contributed by atoms with Crippen LogP contribution in [0.3, 0.4) is 0 Å². The first-order valence-corrected chi connectivity index (χ1v) is 20.4. The second kappa shape index (κ2) is 23.7. The third-order valence-electron chi connectivity index (χ3n) is 8.42. The SMILES string of the molecule is COCN(N)/N=C(\N)CCC(NC(=O)OCc1ccccc1)C(=O)N1c2ccccc2CC1C.CP(OCC(=O)C(CC(=O)OC(C)(C)C)NC=O)c1ccccc1. The molecule has 6 N–H and O–H groups in total. The van der Waals surface area contributed by atoms with Crippen LogP contribution in [-0.4, -0.2) is 92.0 Å². The predicted molar refractivity (Wildman–Crippen MR) is 223 cm³/mol. The summed E-state index contributed by atoms with van der Waals surface area (Å²) in [5.74, 6) is 4.75. The van der Waals surface area contributed by atoms with E-state index in [2.05, 4.69) is 15.7 Å². The standard InChI is InChI=1S/C24H32N6O4.C17H24NO5P/c1-17-14-19-10-6-7-11-21(19)30(17)23(31)20(12-13-22(25)28-29(26)16-33-2)27-24(32)34-15-18-8-4-3-5-9-18;1-17(2,3)23-16(21)10-14(18-12-19)15(20)11-22-24(4)13-8-6-5-7-9-13/h3-11,17,20H,12-16,26H2,1-2H3,(H2,25,28)(H,27,32);5-9,12,14H,10-11H2,1-4H3,(H,18,19). The van der Waals surface area contributed by atoms with Crippen LogP contribution in [0.1, 0.15) is 58.1 Å². The number of hydrazone groups is 1. The lowest BCUT2D eigenvalue weighted by Gasteiger charge is -2.28. The minimum absolute atomic E-state index is 0.0400. The van der Waals surface area contributed by atoms with Gasteiger partial charge in [0.05, 0.1) is 14.6 Å². The van der Waals surface area contributed by atoms with E-state index in [9.17, 15) is 24.0 Å². The van der Waals surface area contributed by atoms with Gasteiger partial charge in [0.2, 0.25) is 12.3 Å². The third kappa shape index (κ3) is 16.2. The van der Waals surface area contributed by atoms with E-state index < -0.39 is 37.9 Å². The highest BCUT2D eigenvalue weighted by Gasteiger charge is 2.35. The number of hydrazine groups is 1. The summed E-state index contributed by atoms with van der Waals surface area (Å²) >= 11 is 0. The number of benzene rings is 3. The molecule has 0 aliphatic carbocycles. The second-order valence-corrected chi connectivity index (χ2v) is 16.1. The molecule has 0 radical (unpaired) electrons. The molecule has 0 aromatic heterocycles. The molecular formula is C41H56N7O9P. The number of carbonyl (C=O) groups is 5. The highest BCUT2D eigenvalue weighted by molar-refractivity contribution is 7.60. The van der Waals surface area contributed by atoms with Gasteiger partial charge in [-0.25, -0.2) is 15.8 Å². The highest BCUT2D eigenvalue weighted by atomic mass is 31.1. The second-order valence-electron chi connectivity index (χ2n) is 14.3. The van der Waals surface area contributed by atoms with Gasteiger partial charge < -0.3 is 40.0 Å². The Labute approximate surface area is 341 Å². The maximum Gasteiger partial charge on any atom is 0.408 e. The molecule has 16 nitrogen and oxygen atoms in total. The summed E-state index contributed by atoms with van der Waals surface area (Å²) < 4.78 is 21.0. The average Bonchev–Trinajstić information content (AvgIpc) is 3.53. The number of hydrogen-bond donors (Lipinski definition) is 4. The Morgan fingerprint density at radius 1 is 1.00 bits per heavy atom. The number of ketones is 1. The Morgan fingerprint density at radius 2 is 1.64 bits per heavy atom. The number of alkyl carbamates (subject to hydrolysis) is 1. The molecule has 3 aromatic rings. The van der Waals surface area contributed by atoms with Gasteiger partial charge in [0.1, 0.15) is 36.7 Å². The monoisotopic (exact) mass is 821 g/mol. The van der Waals surface area contributed by atoms with E-state index in [1.807, 2.05) is 98.5 Å². The van der Waals surface area contributed by atoms with Gasteiger partial charge in [0.15, 0.2) is 12.5 Å². The third-order valence-corrected chi connectivity index (χ3v) is 9.97. The molecular weight excluding hydrogens is 765 g/mol. The lowest BCUT2D eigenvalue weighted by atomic mass is 10.1. The summed E-state index contributed by atoms with van der Waals surface area (Å²) in [6, 6.07) is 24.8. The number of hydrogen-bond acceptors (Lipinski definition) is 12. The fourth-order valence-electron chi connectivity index (χ4n) is 5.77. The van der Waals surface area contributed by atoms with Crippen LogP contribution in [0.5, 0.6) is 0 Å². The van der Waals surface area contributed by atoms with Crippen LogP contribution < -0.4 is 32.4 Å². The lowest BCUT2D eigenvalue weighted by molar-refractivity contribution is -0.156. The molecule has 4 atom stereocenters. The topological polar surface area (TPSA) is 217 Å². The molecule has 4 rings (SSSR count). The zero-order chi connectivity index (χ0) is 42.7. The van der Waals surface area contributed by atoms with Gasteiger partial charge in [-0.2, -0.15) is 0 Å². The molecule has 3 amide bonds. The van der Waals surface area contributed by atoms with Gasteiger partial charge in [-0.3, -0.25) is 19.2 Å². The number of carbonyl (C=O) groups excluding carboxylic acids is 5. The number of Topliss-reactive ketones (excluding diaryl/α,β-unsaturated/α-hetero) is 1. The fraction of sp³-hybridized carbons (Fsp3) is 0.415. The summed E-state index contributed by atoms with van der Waals surface area (Å²) in [6.07, 6.45) is 0.704. The van der Waals surface area contributed by atoms with Gasteiger partial charge in [-0.05, 0) is 64.4 Å². The van der Waals surface area contributed by atoms with E-state index >= 15 is 0 Å². The van der Waals surface area contributed by atoms with Crippen molar-refractivity contribution < 1.29 is 42.7 Å². The van der Waals surface area contributed by atoms with E-state index in [-0.39, 0.29) is 62.8 Å². The summed E-state index contributed by atoms with van der Waals surface area (Å²) in [7, 11) is 0.549. The van der Waals surface area contributed by atoms with Gasteiger partial charge in [0, 0.05) is 30.6 Å². The number of methoxy groups -OCH3 is 1. The molecule has 0 bridgehead atoms. The molecule has 0 spiro atoms. The molecule has 3 aromatic carbocycles. The smallest absolute Gasteiger partial charge is 0.408 e. The predicted octanol–water partition coefficient (Wildman–Crippen LogP) is 3.86. The molecule has 0 saturated carbocycles. The lowest BCUT2D eigenvalue weighted by Crippen LogP contribution is -2.51. The number of amides is 3. The number of amidine groups is 1. The molecule has 1 aliphatic heterocycles. The Balaban J connectivity index is 0.000000331. The van der Waals surface area contributed by atoms with E-state index in [1.165, 1.54) is 7.11 Å². The van der Waals surface area contributed by atoms with Gasteiger partial charge >= 0.3 is 12.1 Å². The summed E-state index contributed by atoms with van der Waals surface area (Å²) in [4.78, 5) is 62.6. The van der Waals surface area contributed by atoms with Crippen LogP contribution in [0.25, 0.3) is 0 Å². The van der Waals surface area contributed by atoms with Crippen LogP contribution in [0.2, 0.25) is 0 Å². The Morgan fingerprint density at radius 3 is 2.28 bits per heavy atom. The number of nitrogens with one attached hydrogen (secondary N) is 2. The number of nitrogens with two attached hydrogens (primary N) is 2. The molecule has 1 aliphatic rings. The van der Waals surface area contributed by atoms with Crippen LogP contribution in [0, 0.1) is 0 Å². The molecule has 314 valence electrons. The molecule has 4 unspecified atom stereocenters. The number of fused-ring (bicyclic) bond motifs is 1. The number of rotatable bonds is 19. The molecule has 58 heavy (non-hydrogen) atoms. The number of nitrogens with zero attached hydrogens (tertiary/aromatic N) is 3. The van der Waals surface area contributed by atoms with Crippen LogP contribution in [0.15, 0.2) is 90.0 Å². The Hall–Kier alpha value is -5.41. The Bertz CT molecular complexity index is 1810. The number of ether oxygens (including phenoxy) is 3. The van der Waals surface area contributed by atoms with Crippen molar-refractivity contribution in [2.24, 2.45) is 16.7 Å². The summed E-state index contributed by atoms with van der Waals surface area (Å²) in [6.45, 7) is 9.08. The van der Waals surface area contributed by atoms with E-state index in [4.69, 9.17) is 30.3 Å². The highest BCUT2D eigenvalue weighted by Crippen LogP contribution is 2.33. The van der Waals surface area contributed by atoms with Gasteiger partial charge in [-0.1, -0.05) is 78.9 Å². The summed E-state index contributed by atoms with van der Waals surface area (Å²) in [5.41, 5.74) is 8.12. The quantitative estimate of drug-likeness (QED) is 0.0198. The minimum Gasteiger partial charge on any atom is -0.460 e. The molecule has 1 heterocycles. The van der Waals surface area contributed by atoms with Crippen molar-refractivity contribution in [3.63, 3.8) is 0 Å². The van der Waals surface area contributed by atoms with E-state index in [0.717, 1.165) is 33.7 Å². The number of anilines is 1. The van der Waals surface area contributed by atoms with Crippen molar-refractivity contribution >= 4 is 55.1 Å². The van der Waals surface area contributed by atoms with Gasteiger partial charge in [0.25, 0.3) is 0 Å². The van der Waals surface area contributed by atoms with Crippen molar-refractivity contribution in [3.8, 4) is 0 Å². The number of esters is 1.